The van der Waals surface area contributed by atoms with Crippen molar-refractivity contribution in [3.05, 3.63) is 56.2 Å². The summed E-state index contributed by atoms with van der Waals surface area (Å²) in [6.07, 6.45) is 2.11. The van der Waals surface area contributed by atoms with Crippen LogP contribution in [0.5, 0.6) is 5.75 Å². The molecular weight excluding hydrogens is 395 g/mol. The number of carbonyl (C=O) groups excluding carboxylic acids is 1. The Morgan fingerprint density at radius 2 is 2.21 bits per heavy atom. The Morgan fingerprint density at radius 1 is 1.41 bits per heavy atom. The molecule has 1 aromatic carbocycles. The van der Waals surface area contributed by atoms with Gasteiger partial charge in [0.1, 0.15) is 4.83 Å². The van der Waals surface area contributed by atoms with Gasteiger partial charge in [0, 0.05) is 4.88 Å². The molecule has 2 heterocycles. The number of aromatic nitrogens is 2. The van der Waals surface area contributed by atoms with E-state index >= 15 is 0 Å². The molecule has 0 spiro atoms. The normalized spacial score (nSPS) is 17.0. The van der Waals surface area contributed by atoms with Crippen LogP contribution in [0.25, 0.3) is 10.2 Å². The molecule has 29 heavy (non-hydrogen) atoms. The number of esters is 1. The summed E-state index contributed by atoms with van der Waals surface area (Å²) >= 11 is 1.54. The van der Waals surface area contributed by atoms with Gasteiger partial charge in [0.25, 0.3) is 5.56 Å². The summed E-state index contributed by atoms with van der Waals surface area (Å²) in [7, 11) is 1.35. The molecule has 2 aromatic heterocycles. The first kappa shape index (κ1) is 19.6. The van der Waals surface area contributed by atoms with E-state index in [0.717, 1.165) is 30.9 Å². The minimum Gasteiger partial charge on any atom is -0.494 e. The van der Waals surface area contributed by atoms with E-state index in [1.165, 1.54) is 35.5 Å². The minimum atomic E-state index is -0.789. The average Bonchev–Trinajstić information content (AvgIpc) is 3.05. The highest BCUT2D eigenvalue weighted by Gasteiger charge is 2.24. The minimum absolute atomic E-state index is 0.0435. The quantitative estimate of drug-likeness (QED) is 0.646. The number of benzene rings is 1. The molecule has 0 saturated heterocycles. The molecule has 1 N–H and O–H groups in total. The first-order chi connectivity index (χ1) is 13.9. The molecule has 152 valence electrons. The predicted molar refractivity (Wildman–Crippen MR) is 108 cm³/mol. The SMILES string of the molecule is COc1ccc(C(=O)O[C@@H](C)c2nc3sc4c(c3c(=O)[nH]2)CC[C@H](C)C4)cc1F. The highest BCUT2D eigenvalue weighted by atomic mass is 32.1. The number of halogens is 1. The molecule has 3 aromatic rings. The van der Waals surface area contributed by atoms with Crippen molar-refractivity contribution in [2.75, 3.05) is 7.11 Å². The van der Waals surface area contributed by atoms with E-state index in [9.17, 15) is 14.0 Å². The first-order valence-corrected chi connectivity index (χ1v) is 10.3. The summed E-state index contributed by atoms with van der Waals surface area (Å²) in [6, 6.07) is 3.84. The zero-order valence-corrected chi connectivity index (χ0v) is 17.2. The fourth-order valence-corrected chi connectivity index (χ4v) is 5.03. The number of carbonyl (C=O) groups is 1. The largest absolute Gasteiger partial charge is 0.494 e. The van der Waals surface area contributed by atoms with Gasteiger partial charge in [-0.2, -0.15) is 0 Å². The highest BCUT2D eigenvalue weighted by molar-refractivity contribution is 7.18. The number of aromatic amines is 1. The van der Waals surface area contributed by atoms with Crippen LogP contribution in [0.3, 0.4) is 0 Å². The van der Waals surface area contributed by atoms with Crippen molar-refractivity contribution in [1.29, 1.82) is 0 Å². The maximum absolute atomic E-state index is 13.8. The van der Waals surface area contributed by atoms with Crippen LogP contribution < -0.4 is 10.3 Å². The van der Waals surface area contributed by atoms with Crippen LogP contribution in [0.2, 0.25) is 0 Å². The molecule has 0 radical (unpaired) electrons. The van der Waals surface area contributed by atoms with E-state index < -0.39 is 17.9 Å². The van der Waals surface area contributed by atoms with Gasteiger partial charge in [0.2, 0.25) is 0 Å². The third kappa shape index (κ3) is 3.64. The molecule has 1 aliphatic rings. The Hall–Kier alpha value is -2.74. The molecule has 0 unspecified atom stereocenters. The smallest absolute Gasteiger partial charge is 0.338 e. The Kier molecular flexibility index (Phi) is 5.12. The first-order valence-electron chi connectivity index (χ1n) is 9.46. The van der Waals surface area contributed by atoms with Gasteiger partial charge in [-0.05, 0) is 55.9 Å². The molecule has 1 aliphatic carbocycles. The molecule has 0 aliphatic heterocycles. The summed E-state index contributed by atoms with van der Waals surface area (Å²) in [6.45, 7) is 3.83. The second-order valence-corrected chi connectivity index (χ2v) is 8.46. The monoisotopic (exact) mass is 416 g/mol. The van der Waals surface area contributed by atoms with Crippen molar-refractivity contribution < 1.29 is 18.7 Å². The fourth-order valence-electron chi connectivity index (χ4n) is 3.64. The molecule has 2 atom stereocenters. The zero-order valence-electron chi connectivity index (χ0n) is 16.4. The van der Waals surface area contributed by atoms with Gasteiger partial charge >= 0.3 is 5.97 Å². The predicted octanol–water partition coefficient (Wildman–Crippen LogP) is 4.18. The van der Waals surface area contributed by atoms with Crippen LogP contribution in [-0.2, 0) is 17.6 Å². The van der Waals surface area contributed by atoms with Gasteiger partial charge in [-0.25, -0.2) is 14.2 Å². The lowest BCUT2D eigenvalue weighted by molar-refractivity contribution is 0.0319. The summed E-state index contributed by atoms with van der Waals surface area (Å²) in [4.78, 5) is 34.3. The summed E-state index contributed by atoms with van der Waals surface area (Å²) in [5.74, 6) is -0.445. The van der Waals surface area contributed by atoms with Crippen molar-refractivity contribution in [3.63, 3.8) is 0 Å². The zero-order chi connectivity index (χ0) is 20.7. The van der Waals surface area contributed by atoms with Crippen LogP contribution in [-0.4, -0.2) is 23.0 Å². The van der Waals surface area contributed by atoms with E-state index in [1.54, 1.807) is 6.92 Å². The van der Waals surface area contributed by atoms with E-state index in [2.05, 4.69) is 16.9 Å². The number of nitrogens with one attached hydrogen (secondary N) is 1. The highest BCUT2D eigenvalue weighted by Crippen LogP contribution is 2.36. The second kappa shape index (κ2) is 7.59. The van der Waals surface area contributed by atoms with Crippen LogP contribution in [0.4, 0.5) is 4.39 Å². The van der Waals surface area contributed by atoms with Crippen LogP contribution in [0, 0.1) is 11.7 Å². The number of hydrogen-bond donors (Lipinski definition) is 1. The third-order valence-corrected chi connectivity index (χ3v) is 6.39. The van der Waals surface area contributed by atoms with Crippen molar-refractivity contribution in [3.8, 4) is 5.75 Å². The Bertz CT molecular complexity index is 1150. The van der Waals surface area contributed by atoms with E-state index in [1.807, 2.05) is 0 Å². The van der Waals surface area contributed by atoms with E-state index in [-0.39, 0.29) is 22.7 Å². The number of aryl methyl sites for hydroxylation is 1. The van der Waals surface area contributed by atoms with Crippen LogP contribution >= 0.6 is 11.3 Å². The number of ether oxygens (including phenoxy) is 2. The fraction of sp³-hybridized carbons (Fsp3) is 0.381. The van der Waals surface area contributed by atoms with Crippen molar-refractivity contribution in [1.82, 2.24) is 9.97 Å². The topological polar surface area (TPSA) is 81.3 Å². The van der Waals surface area contributed by atoms with Gasteiger partial charge in [0.15, 0.2) is 23.5 Å². The van der Waals surface area contributed by atoms with Crippen LogP contribution in [0.15, 0.2) is 23.0 Å². The number of thiophene rings is 1. The van der Waals surface area contributed by atoms with Gasteiger partial charge < -0.3 is 14.5 Å². The second-order valence-electron chi connectivity index (χ2n) is 7.38. The number of hydrogen-bond acceptors (Lipinski definition) is 6. The van der Waals surface area contributed by atoms with Gasteiger partial charge in [-0.3, -0.25) is 4.79 Å². The summed E-state index contributed by atoms with van der Waals surface area (Å²) in [5.41, 5.74) is 0.941. The number of H-pyrrole nitrogens is 1. The Labute approximate surface area is 170 Å². The number of rotatable bonds is 4. The number of methoxy groups -OCH3 is 1. The molecule has 8 heteroatoms. The van der Waals surface area contributed by atoms with E-state index in [0.29, 0.717) is 16.1 Å². The molecule has 0 bridgehead atoms. The molecule has 4 rings (SSSR count). The molecule has 0 saturated carbocycles. The van der Waals surface area contributed by atoms with Crippen molar-refractivity contribution >= 4 is 27.5 Å². The third-order valence-electron chi connectivity index (χ3n) is 5.24. The standard InChI is InChI=1S/C21H21FN2O4S/c1-10-4-6-13-16(8-10)29-20-17(13)19(25)23-18(24-20)11(2)28-21(26)12-5-7-15(27-3)14(22)9-12/h5,7,9-11H,4,6,8H2,1-3H3,(H,23,24,25)/t10-,11-/m0/s1. The van der Waals surface area contributed by atoms with Gasteiger partial charge in [-0.1, -0.05) is 6.92 Å². The van der Waals surface area contributed by atoms with Gasteiger partial charge in [0.05, 0.1) is 18.1 Å². The van der Waals surface area contributed by atoms with E-state index in [4.69, 9.17) is 9.47 Å². The Morgan fingerprint density at radius 3 is 2.93 bits per heavy atom. The lowest BCUT2D eigenvalue weighted by atomic mass is 9.89. The maximum atomic E-state index is 13.8. The number of fused-ring (bicyclic) bond motifs is 3. The van der Waals surface area contributed by atoms with Gasteiger partial charge in [-0.15, -0.1) is 11.3 Å². The lowest BCUT2D eigenvalue weighted by Crippen LogP contribution is -2.18. The summed E-state index contributed by atoms with van der Waals surface area (Å²) < 4.78 is 24.1. The maximum Gasteiger partial charge on any atom is 0.338 e. The lowest BCUT2D eigenvalue weighted by Gasteiger charge is -2.17. The number of nitrogens with zero attached hydrogens (tertiary/aromatic N) is 1. The van der Waals surface area contributed by atoms with Crippen LogP contribution in [0.1, 0.15) is 53.0 Å². The average molecular weight is 416 g/mol. The molecule has 0 amide bonds. The van der Waals surface area contributed by atoms with Crippen molar-refractivity contribution in [2.24, 2.45) is 5.92 Å². The molecule has 0 fully saturated rings. The summed E-state index contributed by atoms with van der Waals surface area (Å²) in [5, 5.41) is 0.649. The van der Waals surface area contributed by atoms with Crippen molar-refractivity contribution in [2.45, 2.75) is 39.2 Å². The molecule has 6 nitrogen and oxygen atoms in total. The Balaban J connectivity index is 1.60. The molecular formula is C21H21FN2O4S.